The van der Waals surface area contributed by atoms with Crippen molar-refractivity contribution in [2.24, 2.45) is 5.92 Å². The first-order valence-electron chi connectivity index (χ1n) is 24.9. The molecule has 6 rings (SSSR count). The van der Waals surface area contributed by atoms with Crippen LogP contribution in [0, 0.1) is 5.92 Å². The zero-order valence-corrected chi connectivity index (χ0v) is 36.5. The molecule has 6 aliphatic heterocycles. The number of rotatable bonds is 34. The van der Waals surface area contributed by atoms with E-state index in [-0.39, 0.29) is 0 Å². The lowest BCUT2D eigenvalue weighted by Gasteiger charge is -2.58. The predicted molar refractivity (Wildman–Crippen MR) is 229 cm³/mol. The van der Waals surface area contributed by atoms with E-state index in [0.717, 1.165) is 5.92 Å². The van der Waals surface area contributed by atoms with E-state index in [1.807, 2.05) is 0 Å². The van der Waals surface area contributed by atoms with Gasteiger partial charge in [0.25, 0.3) is 0 Å². The number of nitrogens with zero attached hydrogens (tertiary/aromatic N) is 4. The second-order valence-corrected chi connectivity index (χ2v) is 20.2. The molecule has 6 fully saturated rings. The molecule has 0 aromatic rings. The fraction of sp³-hybridized carbons (Fsp3) is 1.00. The van der Waals surface area contributed by atoms with Gasteiger partial charge in [-0.2, -0.15) is 0 Å². The van der Waals surface area contributed by atoms with Crippen molar-refractivity contribution in [2.75, 3.05) is 105 Å². The minimum Gasteiger partial charge on any atom is -0.310 e. The van der Waals surface area contributed by atoms with Crippen LogP contribution in [-0.4, -0.2) is 123 Å². The van der Waals surface area contributed by atoms with E-state index < -0.39 is 0 Å². The maximum Gasteiger partial charge on any atom is 0.129 e. The molecule has 0 atom stereocenters. The van der Waals surface area contributed by atoms with Gasteiger partial charge in [-0.1, -0.05) is 175 Å². The van der Waals surface area contributed by atoms with Gasteiger partial charge in [0.2, 0.25) is 0 Å². The van der Waals surface area contributed by atoms with E-state index in [2.05, 4.69) is 20.8 Å². The number of piperazine rings is 6. The van der Waals surface area contributed by atoms with E-state index in [1.165, 1.54) is 302 Å². The van der Waals surface area contributed by atoms with Gasteiger partial charge >= 0.3 is 0 Å². The first-order chi connectivity index (χ1) is 25.5. The second-order valence-electron chi connectivity index (χ2n) is 20.2. The lowest BCUT2D eigenvalue weighted by atomic mass is 9.98. The van der Waals surface area contributed by atoms with E-state index in [0.29, 0.717) is 0 Å². The molecule has 52 heavy (non-hydrogen) atoms. The van der Waals surface area contributed by atoms with Crippen molar-refractivity contribution < 1.29 is 17.9 Å². The van der Waals surface area contributed by atoms with Crippen molar-refractivity contribution in [2.45, 2.75) is 201 Å². The third kappa shape index (κ3) is 16.1. The van der Waals surface area contributed by atoms with Crippen LogP contribution in [0.25, 0.3) is 0 Å². The fourth-order valence-corrected chi connectivity index (χ4v) is 11.8. The molecule has 4 nitrogen and oxygen atoms in total. The first-order valence-corrected chi connectivity index (χ1v) is 24.9. The summed E-state index contributed by atoms with van der Waals surface area (Å²) in [6, 6.07) is 0. The molecule has 0 unspecified atom stereocenters. The summed E-state index contributed by atoms with van der Waals surface area (Å²) in [6.07, 6.45) is 41.4. The van der Waals surface area contributed by atoms with Crippen LogP contribution < -0.4 is 0 Å². The molecule has 0 saturated carbocycles. The van der Waals surface area contributed by atoms with E-state index >= 15 is 0 Å². The summed E-state index contributed by atoms with van der Waals surface area (Å²) in [5.74, 6) is 0.896. The number of unbranched alkanes of at least 4 members (excludes halogenated alkanes) is 26. The average molecular weight is 731 g/mol. The molecule has 0 spiro atoms. The predicted octanol–water partition coefficient (Wildman–Crippen LogP) is 11.9. The van der Waals surface area contributed by atoms with Crippen molar-refractivity contribution in [3.8, 4) is 0 Å². The smallest absolute Gasteiger partial charge is 0.129 e. The van der Waals surface area contributed by atoms with Crippen LogP contribution in [0.2, 0.25) is 0 Å². The summed E-state index contributed by atoms with van der Waals surface area (Å²) in [5, 5.41) is 0. The van der Waals surface area contributed by atoms with Gasteiger partial charge in [-0.25, -0.2) is 0 Å². The zero-order valence-electron chi connectivity index (χ0n) is 36.5. The average Bonchev–Trinajstić information content (AvgIpc) is 3.16. The van der Waals surface area contributed by atoms with Gasteiger partial charge in [-0.3, -0.25) is 0 Å². The van der Waals surface area contributed by atoms with Gasteiger partial charge in [-0.15, -0.1) is 0 Å². The Labute approximate surface area is 328 Å². The fourth-order valence-electron chi connectivity index (χ4n) is 11.8. The summed E-state index contributed by atoms with van der Waals surface area (Å²) in [6.45, 7) is 31.1. The molecule has 0 aromatic carbocycles. The lowest BCUT2D eigenvalue weighted by molar-refractivity contribution is -1.09. The van der Waals surface area contributed by atoms with Crippen LogP contribution in [-0.2, 0) is 0 Å². The van der Waals surface area contributed by atoms with Crippen LogP contribution in [0.1, 0.15) is 201 Å². The minimum atomic E-state index is 0.896. The Balaban J connectivity index is 0.972. The SMILES string of the molecule is CCCCCCCCCCCCCCCC[N+]12CC[N+](CC(C)C[N+]34CC[N+](CCCCCCCCCCCCCCCC)(CC3)CC4)(CC1)CC2. The van der Waals surface area contributed by atoms with Gasteiger partial charge in [0.1, 0.15) is 78.5 Å². The highest BCUT2D eigenvalue weighted by molar-refractivity contribution is 4.68. The third-order valence-corrected chi connectivity index (χ3v) is 15.7. The van der Waals surface area contributed by atoms with Gasteiger partial charge in [0.05, 0.1) is 32.1 Å². The molecule has 0 amide bonds. The quantitative estimate of drug-likeness (QED) is 0.0457. The number of hydrogen-bond acceptors (Lipinski definition) is 0. The maximum absolute atomic E-state index is 2.65. The number of fused-ring (bicyclic) bond motifs is 6. The number of hydrogen-bond donors (Lipinski definition) is 0. The van der Waals surface area contributed by atoms with Crippen molar-refractivity contribution in [1.29, 1.82) is 0 Å². The van der Waals surface area contributed by atoms with Crippen LogP contribution in [0.3, 0.4) is 0 Å². The second kappa shape index (κ2) is 25.2. The Kier molecular flexibility index (Phi) is 21.6. The van der Waals surface area contributed by atoms with Crippen LogP contribution in [0.5, 0.6) is 0 Å². The largest absolute Gasteiger partial charge is 0.310 e. The molecular formula is C48H98N4+4. The molecule has 306 valence electrons. The molecule has 0 radical (unpaired) electrons. The van der Waals surface area contributed by atoms with Crippen LogP contribution in [0.15, 0.2) is 0 Å². The zero-order chi connectivity index (χ0) is 36.7. The van der Waals surface area contributed by atoms with Crippen molar-refractivity contribution in [3.05, 3.63) is 0 Å². The monoisotopic (exact) mass is 731 g/mol. The Morgan fingerprint density at radius 3 is 0.692 bits per heavy atom. The highest BCUT2D eigenvalue weighted by Gasteiger charge is 2.52. The minimum absolute atomic E-state index is 0.896. The highest BCUT2D eigenvalue weighted by atomic mass is 15.5. The van der Waals surface area contributed by atoms with Crippen molar-refractivity contribution in [3.63, 3.8) is 0 Å². The molecule has 6 saturated heterocycles. The van der Waals surface area contributed by atoms with Gasteiger partial charge in [0, 0.05) is 0 Å². The summed E-state index contributed by atoms with van der Waals surface area (Å²) in [4.78, 5) is 0. The highest BCUT2D eigenvalue weighted by Crippen LogP contribution is 2.32. The topological polar surface area (TPSA) is 0 Å². The molecule has 4 bridgehead atoms. The summed E-state index contributed by atoms with van der Waals surface area (Å²) in [7, 11) is 0. The molecule has 6 heterocycles. The van der Waals surface area contributed by atoms with Gasteiger partial charge in [-0.05, 0) is 25.7 Å². The molecule has 0 N–H and O–H groups in total. The summed E-state index contributed by atoms with van der Waals surface area (Å²) < 4.78 is 5.95. The normalized spacial score (nSPS) is 28.9. The first kappa shape index (κ1) is 44.6. The molecule has 0 aromatic heterocycles. The summed E-state index contributed by atoms with van der Waals surface area (Å²) in [5.41, 5.74) is 0. The standard InChI is InChI=1S/C48H98N4/c1-4-6-8-10-12-14-16-18-20-22-24-26-28-30-32-49-34-40-51(41-35-49,42-36-49)46-48(3)47-52-43-37-50(38-44-52,39-45-52)33-31-29-27-25-23-21-19-17-15-13-11-9-7-5-2/h48H,4-47H2,1-3H3/q+4. The molecule has 0 aliphatic carbocycles. The van der Waals surface area contributed by atoms with Gasteiger partial charge < -0.3 is 17.9 Å². The maximum atomic E-state index is 2.65. The van der Waals surface area contributed by atoms with Gasteiger partial charge in [0.15, 0.2) is 0 Å². The molecule has 6 aliphatic rings. The van der Waals surface area contributed by atoms with Crippen molar-refractivity contribution >= 4 is 0 Å². The molecule has 4 heteroatoms. The Morgan fingerprint density at radius 1 is 0.269 bits per heavy atom. The van der Waals surface area contributed by atoms with E-state index in [9.17, 15) is 0 Å². The van der Waals surface area contributed by atoms with Crippen LogP contribution in [0.4, 0.5) is 0 Å². The Hall–Kier alpha value is -0.160. The summed E-state index contributed by atoms with van der Waals surface area (Å²) >= 11 is 0. The van der Waals surface area contributed by atoms with E-state index in [1.54, 1.807) is 0 Å². The lowest BCUT2D eigenvalue weighted by Crippen LogP contribution is -2.77. The van der Waals surface area contributed by atoms with Crippen LogP contribution >= 0.6 is 0 Å². The third-order valence-electron chi connectivity index (χ3n) is 15.7. The Morgan fingerprint density at radius 2 is 0.462 bits per heavy atom. The van der Waals surface area contributed by atoms with E-state index in [4.69, 9.17) is 0 Å². The Bertz CT molecular complexity index is 767. The van der Waals surface area contributed by atoms with Crippen molar-refractivity contribution in [1.82, 2.24) is 0 Å². The number of quaternary nitrogens is 4. The molecular weight excluding hydrogens is 633 g/mol.